The molecule has 0 aromatic heterocycles. The third-order valence-electron chi connectivity index (χ3n) is 4.55. The molecule has 104 valence electrons. The summed E-state index contributed by atoms with van der Waals surface area (Å²) in [5.74, 6) is 0.386. The molecule has 2 fully saturated rings. The molecule has 3 nitrogen and oxygen atoms in total. The topological polar surface area (TPSA) is 32.3 Å². The van der Waals surface area contributed by atoms with Crippen LogP contribution in [-0.2, 0) is 4.79 Å². The van der Waals surface area contributed by atoms with Crippen LogP contribution in [0.5, 0.6) is 0 Å². The Morgan fingerprint density at radius 3 is 2.50 bits per heavy atom. The third kappa shape index (κ3) is 3.71. The van der Waals surface area contributed by atoms with Crippen LogP contribution < -0.4 is 5.32 Å². The van der Waals surface area contributed by atoms with Crippen LogP contribution >= 0.6 is 0 Å². The molecule has 1 N–H and O–H groups in total. The first-order chi connectivity index (χ1) is 8.81. The van der Waals surface area contributed by atoms with Gasteiger partial charge in [-0.1, -0.05) is 19.3 Å². The van der Waals surface area contributed by atoms with E-state index in [2.05, 4.69) is 17.1 Å². The Morgan fingerprint density at radius 1 is 1.17 bits per heavy atom. The molecular formula is C15H28N2O. The summed E-state index contributed by atoms with van der Waals surface area (Å²) in [7, 11) is 0. The number of hydrogen-bond donors (Lipinski definition) is 1. The van der Waals surface area contributed by atoms with Crippen molar-refractivity contribution in [3.05, 3.63) is 0 Å². The Kier molecular flexibility index (Phi) is 5.48. The van der Waals surface area contributed by atoms with Crippen LogP contribution in [0.4, 0.5) is 0 Å². The lowest BCUT2D eigenvalue weighted by Gasteiger charge is -2.29. The van der Waals surface area contributed by atoms with E-state index in [0.717, 1.165) is 25.9 Å². The Hall–Kier alpha value is -0.570. The molecule has 0 aromatic rings. The number of amides is 1. The predicted octanol–water partition coefficient (Wildman–Crippen LogP) is 2.70. The fourth-order valence-corrected chi connectivity index (χ4v) is 3.47. The average molecular weight is 252 g/mol. The molecule has 0 radical (unpaired) electrons. The second-order valence-electron chi connectivity index (χ2n) is 5.80. The number of carbonyl (C=O) groups excluding carboxylic acids is 1. The van der Waals surface area contributed by atoms with Crippen LogP contribution in [0.25, 0.3) is 0 Å². The van der Waals surface area contributed by atoms with E-state index in [1.807, 2.05) is 0 Å². The number of piperidine rings is 1. The highest BCUT2D eigenvalue weighted by molar-refractivity contribution is 5.76. The van der Waals surface area contributed by atoms with Gasteiger partial charge in [0.2, 0.25) is 5.91 Å². The fraction of sp³-hybridized carbons (Fsp3) is 0.933. The standard InChI is InChI=1S/C15H28N2O/c1-2-17(14-8-3-4-9-14)15(18)11-10-13-7-5-6-12-16-13/h13-14,16H,2-12H2,1H3. The zero-order valence-electron chi connectivity index (χ0n) is 11.8. The van der Waals surface area contributed by atoms with Gasteiger partial charge in [0.15, 0.2) is 0 Å². The van der Waals surface area contributed by atoms with Gasteiger partial charge in [0.25, 0.3) is 0 Å². The third-order valence-corrected chi connectivity index (χ3v) is 4.55. The van der Waals surface area contributed by atoms with Gasteiger partial charge in [-0.15, -0.1) is 0 Å². The lowest BCUT2D eigenvalue weighted by Crippen LogP contribution is -2.40. The zero-order valence-corrected chi connectivity index (χ0v) is 11.8. The van der Waals surface area contributed by atoms with Gasteiger partial charge in [0.1, 0.15) is 0 Å². The summed E-state index contributed by atoms with van der Waals surface area (Å²) in [6.07, 6.45) is 10.7. The first-order valence-electron chi connectivity index (χ1n) is 7.84. The van der Waals surface area contributed by atoms with Crippen LogP contribution in [0.1, 0.15) is 64.7 Å². The molecule has 1 amide bonds. The van der Waals surface area contributed by atoms with E-state index in [9.17, 15) is 4.79 Å². The molecule has 0 bridgehead atoms. The molecule has 3 heteroatoms. The van der Waals surface area contributed by atoms with Gasteiger partial charge in [0, 0.05) is 25.0 Å². The Morgan fingerprint density at radius 2 is 1.89 bits per heavy atom. The normalized spacial score (nSPS) is 25.3. The fourth-order valence-electron chi connectivity index (χ4n) is 3.47. The summed E-state index contributed by atoms with van der Waals surface area (Å²) in [5.41, 5.74) is 0. The molecule has 18 heavy (non-hydrogen) atoms. The molecule has 1 unspecified atom stereocenters. The van der Waals surface area contributed by atoms with Crippen molar-refractivity contribution in [3.8, 4) is 0 Å². The smallest absolute Gasteiger partial charge is 0.222 e. The molecule has 1 aliphatic heterocycles. The van der Waals surface area contributed by atoms with Gasteiger partial charge in [-0.25, -0.2) is 0 Å². The summed E-state index contributed by atoms with van der Waals surface area (Å²) in [5, 5.41) is 3.53. The molecule has 1 heterocycles. The van der Waals surface area contributed by atoms with Crippen molar-refractivity contribution in [2.45, 2.75) is 76.8 Å². The Labute approximate surface area is 111 Å². The number of hydrogen-bond acceptors (Lipinski definition) is 2. The summed E-state index contributed by atoms with van der Waals surface area (Å²) in [6, 6.07) is 1.13. The first-order valence-corrected chi connectivity index (χ1v) is 7.84. The van der Waals surface area contributed by atoms with E-state index in [-0.39, 0.29) is 0 Å². The predicted molar refractivity (Wildman–Crippen MR) is 74.5 cm³/mol. The van der Waals surface area contributed by atoms with E-state index in [4.69, 9.17) is 0 Å². The maximum Gasteiger partial charge on any atom is 0.222 e. The van der Waals surface area contributed by atoms with Crippen LogP contribution in [0.15, 0.2) is 0 Å². The van der Waals surface area contributed by atoms with Gasteiger partial charge in [-0.2, -0.15) is 0 Å². The van der Waals surface area contributed by atoms with E-state index < -0.39 is 0 Å². The highest BCUT2D eigenvalue weighted by Gasteiger charge is 2.25. The lowest BCUT2D eigenvalue weighted by molar-refractivity contribution is -0.133. The molecule has 1 saturated heterocycles. The van der Waals surface area contributed by atoms with Crippen LogP contribution in [0, 0.1) is 0 Å². The van der Waals surface area contributed by atoms with Crippen molar-refractivity contribution in [3.63, 3.8) is 0 Å². The molecule has 1 atom stereocenters. The van der Waals surface area contributed by atoms with Gasteiger partial charge < -0.3 is 10.2 Å². The summed E-state index contributed by atoms with van der Waals surface area (Å²) >= 11 is 0. The first kappa shape index (κ1) is 13.9. The molecule has 2 rings (SSSR count). The van der Waals surface area contributed by atoms with Crippen molar-refractivity contribution in [1.29, 1.82) is 0 Å². The monoisotopic (exact) mass is 252 g/mol. The SMILES string of the molecule is CCN(C(=O)CCC1CCCCN1)C1CCCC1. The van der Waals surface area contributed by atoms with Crippen molar-refractivity contribution >= 4 is 5.91 Å². The minimum absolute atomic E-state index is 0.386. The van der Waals surface area contributed by atoms with Crippen LogP contribution in [0.2, 0.25) is 0 Å². The van der Waals surface area contributed by atoms with Crippen molar-refractivity contribution in [1.82, 2.24) is 10.2 Å². The van der Waals surface area contributed by atoms with Gasteiger partial charge in [-0.05, 0) is 45.6 Å². The van der Waals surface area contributed by atoms with Crippen LogP contribution in [-0.4, -0.2) is 36.0 Å². The average Bonchev–Trinajstić information content (AvgIpc) is 2.92. The van der Waals surface area contributed by atoms with Gasteiger partial charge in [0.05, 0.1) is 0 Å². The molecule has 0 spiro atoms. The highest BCUT2D eigenvalue weighted by Crippen LogP contribution is 2.24. The summed E-state index contributed by atoms with van der Waals surface area (Å²) < 4.78 is 0. The number of rotatable bonds is 5. The maximum absolute atomic E-state index is 12.3. The number of nitrogens with one attached hydrogen (secondary N) is 1. The quantitative estimate of drug-likeness (QED) is 0.816. The van der Waals surface area contributed by atoms with Crippen molar-refractivity contribution < 1.29 is 4.79 Å². The second-order valence-corrected chi connectivity index (χ2v) is 5.80. The largest absolute Gasteiger partial charge is 0.340 e. The molecule has 1 saturated carbocycles. The number of nitrogens with zero attached hydrogens (tertiary/aromatic N) is 1. The maximum atomic E-state index is 12.3. The molecule has 1 aliphatic carbocycles. The summed E-state index contributed by atoms with van der Waals surface area (Å²) in [4.78, 5) is 14.4. The van der Waals surface area contributed by atoms with E-state index in [1.165, 1.54) is 44.9 Å². The Balaban J connectivity index is 1.74. The van der Waals surface area contributed by atoms with Crippen molar-refractivity contribution in [2.24, 2.45) is 0 Å². The molecule has 2 aliphatic rings. The van der Waals surface area contributed by atoms with E-state index >= 15 is 0 Å². The van der Waals surface area contributed by atoms with Crippen LogP contribution in [0.3, 0.4) is 0 Å². The van der Waals surface area contributed by atoms with E-state index in [1.54, 1.807) is 0 Å². The second kappa shape index (κ2) is 7.13. The molecular weight excluding hydrogens is 224 g/mol. The zero-order chi connectivity index (χ0) is 12.8. The van der Waals surface area contributed by atoms with E-state index in [0.29, 0.717) is 18.0 Å². The summed E-state index contributed by atoms with van der Waals surface area (Å²) in [6.45, 7) is 4.15. The molecule has 0 aromatic carbocycles. The van der Waals surface area contributed by atoms with Crippen molar-refractivity contribution in [2.75, 3.05) is 13.1 Å². The minimum atomic E-state index is 0.386. The van der Waals surface area contributed by atoms with Gasteiger partial charge >= 0.3 is 0 Å². The minimum Gasteiger partial charge on any atom is -0.340 e. The number of carbonyl (C=O) groups is 1. The van der Waals surface area contributed by atoms with Gasteiger partial charge in [-0.3, -0.25) is 4.79 Å². The highest BCUT2D eigenvalue weighted by atomic mass is 16.2. The Bertz CT molecular complexity index is 255. The lowest BCUT2D eigenvalue weighted by atomic mass is 10.00.